The molecule has 128 valence electrons. The number of thioether (sulfide) groups is 1. The molecular formula is C16H17FN2O4S. The second kappa shape index (κ2) is 6.80. The molecule has 8 heteroatoms. The fourth-order valence-electron chi connectivity index (χ4n) is 3.01. The van der Waals surface area contributed by atoms with Crippen LogP contribution in [-0.2, 0) is 16.0 Å². The molecule has 2 aliphatic rings. The second-order valence-corrected chi connectivity index (χ2v) is 7.01. The van der Waals surface area contributed by atoms with Gasteiger partial charge in [0.25, 0.3) is 5.91 Å². The summed E-state index contributed by atoms with van der Waals surface area (Å²) in [5.74, 6) is -1.11. The third-order valence-corrected chi connectivity index (χ3v) is 5.31. The van der Waals surface area contributed by atoms with Gasteiger partial charge in [-0.15, -0.1) is 0 Å². The van der Waals surface area contributed by atoms with Crippen LogP contribution in [0.3, 0.4) is 0 Å². The highest BCUT2D eigenvalue weighted by molar-refractivity contribution is 7.99. The lowest BCUT2D eigenvalue weighted by molar-refractivity contribution is -0.138. The van der Waals surface area contributed by atoms with Gasteiger partial charge >= 0.3 is 5.97 Å². The molecule has 6 nitrogen and oxygen atoms in total. The number of hydrogen-bond donors (Lipinski definition) is 2. The molecule has 24 heavy (non-hydrogen) atoms. The number of carboxylic acid groups (broad SMARTS) is 1. The van der Waals surface area contributed by atoms with E-state index in [1.165, 1.54) is 17.0 Å². The molecule has 1 aromatic rings. The van der Waals surface area contributed by atoms with Gasteiger partial charge in [-0.1, -0.05) is 0 Å². The number of carboxylic acids is 1. The quantitative estimate of drug-likeness (QED) is 0.865. The Morgan fingerprint density at radius 3 is 2.92 bits per heavy atom. The molecular weight excluding hydrogens is 335 g/mol. The first-order valence-corrected chi connectivity index (χ1v) is 8.84. The molecule has 2 heterocycles. The van der Waals surface area contributed by atoms with E-state index < -0.39 is 23.7 Å². The van der Waals surface area contributed by atoms with Crippen LogP contribution in [0.15, 0.2) is 12.1 Å². The van der Waals surface area contributed by atoms with Crippen molar-refractivity contribution < 1.29 is 23.9 Å². The lowest BCUT2D eigenvalue weighted by Gasteiger charge is -2.35. The third-order valence-electron chi connectivity index (χ3n) is 4.22. The highest BCUT2D eigenvalue weighted by Gasteiger charge is 2.31. The minimum atomic E-state index is -0.978. The number of carbonyl (C=O) groups is 3. The van der Waals surface area contributed by atoms with Gasteiger partial charge in [0.2, 0.25) is 5.91 Å². The highest BCUT2D eigenvalue weighted by atomic mass is 32.2. The van der Waals surface area contributed by atoms with Gasteiger partial charge in [-0.3, -0.25) is 14.4 Å². The van der Waals surface area contributed by atoms with Crippen molar-refractivity contribution in [2.75, 3.05) is 23.4 Å². The number of amides is 2. The van der Waals surface area contributed by atoms with E-state index in [0.717, 1.165) is 5.56 Å². The summed E-state index contributed by atoms with van der Waals surface area (Å²) in [7, 11) is 0. The topological polar surface area (TPSA) is 86.7 Å². The Balaban J connectivity index is 1.88. The van der Waals surface area contributed by atoms with E-state index >= 15 is 0 Å². The van der Waals surface area contributed by atoms with Crippen LogP contribution in [0.5, 0.6) is 0 Å². The summed E-state index contributed by atoms with van der Waals surface area (Å²) in [6.45, 7) is 0.398. The van der Waals surface area contributed by atoms with Gasteiger partial charge in [-0.25, -0.2) is 4.39 Å². The van der Waals surface area contributed by atoms with Crippen molar-refractivity contribution in [1.82, 2.24) is 4.90 Å². The molecule has 0 bridgehead atoms. The highest BCUT2D eigenvalue weighted by Crippen LogP contribution is 2.28. The number of rotatable bonds is 3. The average molecular weight is 352 g/mol. The van der Waals surface area contributed by atoms with Crippen LogP contribution in [-0.4, -0.2) is 51.9 Å². The van der Waals surface area contributed by atoms with Crippen LogP contribution in [0.2, 0.25) is 0 Å². The summed E-state index contributed by atoms with van der Waals surface area (Å²) in [4.78, 5) is 36.6. The lowest BCUT2D eigenvalue weighted by Crippen LogP contribution is -2.47. The fourth-order valence-corrected chi connectivity index (χ4v) is 4.08. The number of hydrogen-bond acceptors (Lipinski definition) is 4. The number of benzene rings is 1. The van der Waals surface area contributed by atoms with Crippen molar-refractivity contribution in [3.05, 3.63) is 29.1 Å². The van der Waals surface area contributed by atoms with Gasteiger partial charge in [0.15, 0.2) is 0 Å². The first-order valence-electron chi connectivity index (χ1n) is 7.68. The summed E-state index contributed by atoms with van der Waals surface area (Å²) >= 11 is 1.59. The molecule has 0 aromatic heterocycles. The zero-order valence-electron chi connectivity index (χ0n) is 12.9. The molecule has 3 rings (SSSR count). The molecule has 0 radical (unpaired) electrons. The maximum atomic E-state index is 14.4. The van der Waals surface area contributed by atoms with E-state index in [-0.39, 0.29) is 17.9 Å². The van der Waals surface area contributed by atoms with Crippen molar-refractivity contribution in [1.29, 1.82) is 0 Å². The van der Waals surface area contributed by atoms with Crippen LogP contribution in [0.25, 0.3) is 0 Å². The van der Waals surface area contributed by atoms with Crippen LogP contribution in [0.1, 0.15) is 28.8 Å². The first-order chi connectivity index (χ1) is 11.5. The Kier molecular flexibility index (Phi) is 4.75. The minimum Gasteiger partial charge on any atom is -0.481 e. The number of fused-ring (bicyclic) bond motifs is 1. The normalized spacial score (nSPS) is 20.3. The Morgan fingerprint density at radius 2 is 2.17 bits per heavy atom. The zero-order chi connectivity index (χ0) is 17.3. The number of nitrogens with zero attached hydrogens (tertiary/aromatic N) is 1. The number of halogens is 1. The SMILES string of the molecule is O=C(O)CC1CSCCN1C(=O)c1cc2c(cc1F)NC(=O)CC2. The smallest absolute Gasteiger partial charge is 0.305 e. The van der Waals surface area contributed by atoms with E-state index in [0.29, 0.717) is 36.6 Å². The van der Waals surface area contributed by atoms with Gasteiger partial charge in [0, 0.05) is 30.2 Å². The first kappa shape index (κ1) is 16.8. The monoisotopic (exact) mass is 352 g/mol. The Labute approximate surface area is 142 Å². The van der Waals surface area contributed by atoms with Crippen molar-refractivity contribution in [2.45, 2.75) is 25.3 Å². The fraction of sp³-hybridized carbons (Fsp3) is 0.438. The molecule has 1 unspecified atom stereocenters. The Bertz CT molecular complexity index is 710. The van der Waals surface area contributed by atoms with Crippen LogP contribution in [0.4, 0.5) is 10.1 Å². The average Bonchev–Trinajstić information content (AvgIpc) is 2.53. The molecule has 2 aliphatic heterocycles. The number of anilines is 1. The van der Waals surface area contributed by atoms with Crippen molar-refractivity contribution in [2.24, 2.45) is 0 Å². The number of aliphatic carboxylic acids is 1. The lowest BCUT2D eigenvalue weighted by atomic mass is 9.99. The minimum absolute atomic E-state index is 0.0628. The molecule has 1 atom stereocenters. The Hall–Kier alpha value is -2.09. The van der Waals surface area contributed by atoms with E-state index in [4.69, 9.17) is 5.11 Å². The van der Waals surface area contributed by atoms with Crippen molar-refractivity contribution >= 4 is 35.2 Å². The third kappa shape index (κ3) is 3.38. The predicted molar refractivity (Wildman–Crippen MR) is 87.8 cm³/mol. The van der Waals surface area contributed by atoms with E-state index in [1.54, 1.807) is 11.8 Å². The van der Waals surface area contributed by atoms with Crippen LogP contribution in [0, 0.1) is 5.82 Å². The molecule has 2 N–H and O–H groups in total. The van der Waals surface area contributed by atoms with E-state index in [1.807, 2.05) is 0 Å². The largest absolute Gasteiger partial charge is 0.481 e. The van der Waals surface area contributed by atoms with Gasteiger partial charge in [0.05, 0.1) is 18.0 Å². The molecule has 0 saturated carbocycles. The molecule has 2 amide bonds. The van der Waals surface area contributed by atoms with E-state index in [9.17, 15) is 18.8 Å². The standard InChI is InChI=1S/C16H17FN2O4S/c17-12-7-13-9(1-2-14(20)18-13)5-11(12)16(23)19-3-4-24-8-10(19)6-15(21)22/h5,7,10H,1-4,6,8H2,(H,18,20)(H,21,22). The number of aryl methyl sites for hydroxylation is 1. The maximum Gasteiger partial charge on any atom is 0.305 e. The van der Waals surface area contributed by atoms with Crippen LogP contribution < -0.4 is 5.32 Å². The summed E-state index contributed by atoms with van der Waals surface area (Å²) in [5, 5.41) is 11.6. The van der Waals surface area contributed by atoms with Gasteiger partial charge in [0.1, 0.15) is 5.82 Å². The summed E-state index contributed by atoms with van der Waals surface area (Å²) in [6, 6.07) is 2.21. The number of carbonyl (C=O) groups excluding carboxylic acids is 2. The van der Waals surface area contributed by atoms with Gasteiger partial charge < -0.3 is 15.3 Å². The molecule has 1 fully saturated rings. The molecule has 0 aliphatic carbocycles. The van der Waals surface area contributed by atoms with Gasteiger partial charge in [-0.05, 0) is 24.1 Å². The van der Waals surface area contributed by atoms with Crippen molar-refractivity contribution in [3.8, 4) is 0 Å². The maximum absolute atomic E-state index is 14.4. The molecule has 1 saturated heterocycles. The summed E-state index contributed by atoms with van der Waals surface area (Å²) in [5.41, 5.74) is 1.06. The molecule has 1 aromatic carbocycles. The number of nitrogens with one attached hydrogen (secondary N) is 1. The van der Waals surface area contributed by atoms with Crippen LogP contribution >= 0.6 is 11.8 Å². The summed E-state index contributed by atoms with van der Waals surface area (Å²) < 4.78 is 14.4. The molecule has 0 spiro atoms. The van der Waals surface area contributed by atoms with E-state index in [2.05, 4.69) is 5.32 Å². The zero-order valence-corrected chi connectivity index (χ0v) is 13.7. The van der Waals surface area contributed by atoms with Crippen molar-refractivity contribution in [3.63, 3.8) is 0 Å². The summed E-state index contributed by atoms with van der Waals surface area (Å²) in [6.07, 6.45) is 0.603. The second-order valence-electron chi connectivity index (χ2n) is 5.86. The Morgan fingerprint density at radius 1 is 1.38 bits per heavy atom. The predicted octanol–water partition coefficient (Wildman–Crippen LogP) is 1.74. The van der Waals surface area contributed by atoms with Gasteiger partial charge in [-0.2, -0.15) is 11.8 Å².